The number of carbonyl (C=O) groups is 2. The third-order valence-electron chi connectivity index (χ3n) is 5.49. The molecule has 3 heterocycles. The Morgan fingerprint density at radius 3 is 2.61 bits per heavy atom. The first-order valence-corrected chi connectivity index (χ1v) is 10.8. The van der Waals surface area contributed by atoms with Crippen LogP contribution in [0.4, 0.5) is 13.2 Å². The van der Waals surface area contributed by atoms with Crippen LogP contribution in [-0.4, -0.2) is 56.1 Å². The number of nitrogens with one attached hydrogen (secondary N) is 1. The van der Waals surface area contributed by atoms with Crippen LogP contribution in [0.5, 0.6) is 0 Å². The second kappa shape index (κ2) is 10.8. The molecule has 1 atom stereocenters. The van der Waals surface area contributed by atoms with Crippen LogP contribution in [0.25, 0.3) is 0 Å². The Morgan fingerprint density at radius 1 is 1.27 bits per heavy atom. The first kappa shape index (κ1) is 24.7. The molecule has 33 heavy (non-hydrogen) atoms. The maximum Gasteiger partial charge on any atom is 0.490 e. The molecule has 1 aliphatic heterocycles. The predicted molar refractivity (Wildman–Crippen MR) is 110 cm³/mol. The van der Waals surface area contributed by atoms with E-state index in [-0.39, 0.29) is 5.91 Å². The van der Waals surface area contributed by atoms with Crippen molar-refractivity contribution < 1.29 is 32.4 Å². The number of carboxylic acids is 1. The van der Waals surface area contributed by atoms with Gasteiger partial charge < -0.3 is 14.9 Å². The lowest BCUT2D eigenvalue weighted by Gasteiger charge is -2.23. The van der Waals surface area contributed by atoms with Crippen molar-refractivity contribution in [1.29, 1.82) is 0 Å². The Hall–Kier alpha value is -2.89. The summed E-state index contributed by atoms with van der Waals surface area (Å²) in [5, 5.41) is 18.8. The van der Waals surface area contributed by atoms with Crippen molar-refractivity contribution in [3.05, 3.63) is 35.5 Å². The van der Waals surface area contributed by atoms with Crippen molar-refractivity contribution in [1.82, 2.24) is 25.2 Å². The molecule has 2 aromatic heterocycles. The molecular weight excluding hydrogens is 443 g/mol. The van der Waals surface area contributed by atoms with Gasteiger partial charge in [-0.2, -0.15) is 18.3 Å². The number of carboxylic acid groups (broad SMARTS) is 1. The maximum absolute atomic E-state index is 11.9. The minimum atomic E-state index is -5.08. The van der Waals surface area contributed by atoms with Crippen LogP contribution in [0.3, 0.4) is 0 Å². The zero-order chi connectivity index (χ0) is 24.0. The van der Waals surface area contributed by atoms with Gasteiger partial charge in [0.2, 0.25) is 5.91 Å². The molecule has 0 radical (unpaired) electrons. The normalized spacial score (nSPS) is 18.6. The molecule has 0 bridgehead atoms. The van der Waals surface area contributed by atoms with Gasteiger partial charge in [-0.05, 0) is 44.1 Å². The molecule has 0 saturated heterocycles. The first-order chi connectivity index (χ1) is 15.6. The minimum absolute atomic E-state index is 0.204. The fourth-order valence-corrected chi connectivity index (χ4v) is 3.72. The van der Waals surface area contributed by atoms with Gasteiger partial charge in [0, 0.05) is 51.4 Å². The predicted octanol–water partition coefficient (Wildman–Crippen LogP) is 2.75. The fraction of sp³-hybridized carbons (Fsp3) is 0.619. The molecule has 0 spiro atoms. The number of halogens is 3. The smallest absolute Gasteiger partial charge is 0.475 e. The molecule has 12 heteroatoms. The van der Waals surface area contributed by atoms with Gasteiger partial charge in [0.15, 0.2) is 0 Å². The lowest BCUT2D eigenvalue weighted by atomic mass is 10.0. The number of rotatable bonds is 7. The molecule has 9 nitrogen and oxygen atoms in total. The lowest BCUT2D eigenvalue weighted by Crippen LogP contribution is -2.31. The van der Waals surface area contributed by atoms with Crippen LogP contribution in [0.15, 0.2) is 22.9 Å². The highest BCUT2D eigenvalue weighted by Crippen LogP contribution is 2.32. The zero-order valence-electron chi connectivity index (χ0n) is 18.3. The Morgan fingerprint density at radius 2 is 2.00 bits per heavy atom. The molecule has 182 valence electrons. The largest absolute Gasteiger partial charge is 0.490 e. The van der Waals surface area contributed by atoms with Gasteiger partial charge in [0.05, 0.1) is 11.4 Å². The second-order valence-electron chi connectivity index (χ2n) is 8.56. The van der Waals surface area contributed by atoms with Gasteiger partial charge in [-0.1, -0.05) is 5.16 Å². The van der Waals surface area contributed by atoms with Crippen LogP contribution in [-0.2, 0) is 29.2 Å². The highest BCUT2D eigenvalue weighted by molar-refractivity contribution is 5.76. The molecule has 1 amide bonds. The average Bonchev–Trinajstić information content (AvgIpc) is 3.33. The number of aromatic nitrogens is 3. The summed E-state index contributed by atoms with van der Waals surface area (Å²) in [5.41, 5.74) is 2.19. The summed E-state index contributed by atoms with van der Waals surface area (Å²) in [5.74, 6) is -0.621. The van der Waals surface area contributed by atoms with Gasteiger partial charge >= 0.3 is 12.1 Å². The molecule has 1 fully saturated rings. The van der Waals surface area contributed by atoms with E-state index < -0.39 is 12.1 Å². The highest BCUT2D eigenvalue weighted by atomic mass is 19.4. The Labute approximate surface area is 188 Å². The van der Waals surface area contributed by atoms with Crippen LogP contribution in [0, 0.1) is 18.8 Å². The van der Waals surface area contributed by atoms with Crippen LogP contribution < -0.4 is 5.32 Å². The monoisotopic (exact) mass is 471 g/mol. The van der Waals surface area contributed by atoms with Crippen LogP contribution >= 0.6 is 0 Å². The van der Waals surface area contributed by atoms with E-state index in [2.05, 4.69) is 31.2 Å². The number of hydrogen-bond donors (Lipinski definition) is 2. The van der Waals surface area contributed by atoms with E-state index >= 15 is 0 Å². The Kier molecular flexibility index (Phi) is 8.11. The minimum Gasteiger partial charge on any atom is -0.475 e. The molecule has 2 aliphatic rings. The SMILES string of the molecule is Cc1cc(CN2Cc3ccnn3CC(CCNC(=O)CC3CC3)C2)no1.O=C(O)C(F)(F)F. The quantitative estimate of drug-likeness (QED) is 0.638. The number of hydrogen-bond acceptors (Lipinski definition) is 6. The first-order valence-electron chi connectivity index (χ1n) is 10.8. The molecule has 2 N–H and O–H groups in total. The summed E-state index contributed by atoms with van der Waals surface area (Å²) in [7, 11) is 0. The molecular formula is C21H28F3N5O4. The van der Waals surface area contributed by atoms with E-state index in [0.29, 0.717) is 18.3 Å². The molecule has 1 aliphatic carbocycles. The molecule has 1 unspecified atom stereocenters. The van der Waals surface area contributed by atoms with Crippen molar-refractivity contribution in [2.75, 3.05) is 13.1 Å². The van der Waals surface area contributed by atoms with Gasteiger partial charge in [-0.15, -0.1) is 0 Å². The summed E-state index contributed by atoms with van der Waals surface area (Å²) in [6, 6.07) is 4.08. The van der Waals surface area contributed by atoms with Gasteiger partial charge in [-0.3, -0.25) is 14.4 Å². The van der Waals surface area contributed by atoms with Crippen molar-refractivity contribution in [3.63, 3.8) is 0 Å². The third-order valence-corrected chi connectivity index (χ3v) is 5.49. The Balaban J connectivity index is 0.000000383. The summed E-state index contributed by atoms with van der Waals surface area (Å²) < 4.78 is 39.0. The maximum atomic E-state index is 11.9. The summed E-state index contributed by atoms with van der Waals surface area (Å²) in [6.07, 6.45) is 0.881. The highest BCUT2D eigenvalue weighted by Gasteiger charge is 2.38. The number of alkyl halides is 3. The van der Waals surface area contributed by atoms with E-state index in [1.54, 1.807) is 0 Å². The van der Waals surface area contributed by atoms with Gasteiger partial charge in [0.25, 0.3) is 0 Å². The standard InChI is InChI=1S/C19H27N5O2.C2HF3O2/c1-14-8-17(22-26-14)12-23-10-16(11-24-18(13-23)5-7-21-24)4-6-20-19(25)9-15-2-3-15;3-2(4,5)1(6)7/h5,7-8,15-16H,2-4,6,9-13H2,1H3,(H,20,25);(H,6,7). The van der Waals surface area contributed by atoms with Crippen LogP contribution in [0.1, 0.15) is 42.8 Å². The number of carbonyl (C=O) groups excluding carboxylic acids is 1. The molecule has 1 saturated carbocycles. The third kappa shape index (κ3) is 8.19. The van der Waals surface area contributed by atoms with Crippen molar-refractivity contribution in [2.45, 2.75) is 58.4 Å². The number of nitrogens with zero attached hydrogens (tertiary/aromatic N) is 4. The second-order valence-corrected chi connectivity index (χ2v) is 8.56. The molecule has 4 rings (SSSR count). The number of aryl methyl sites for hydroxylation is 1. The van der Waals surface area contributed by atoms with Crippen molar-refractivity contribution in [2.24, 2.45) is 11.8 Å². The zero-order valence-corrected chi connectivity index (χ0v) is 18.3. The van der Waals surface area contributed by atoms with Crippen LogP contribution in [0.2, 0.25) is 0 Å². The van der Waals surface area contributed by atoms with Crippen molar-refractivity contribution in [3.8, 4) is 0 Å². The Bertz CT molecular complexity index is 938. The summed E-state index contributed by atoms with van der Waals surface area (Å²) in [6.45, 7) is 6.15. The van der Waals surface area contributed by atoms with Gasteiger partial charge in [0.1, 0.15) is 5.76 Å². The van der Waals surface area contributed by atoms with E-state index in [9.17, 15) is 18.0 Å². The van der Waals surface area contributed by atoms with E-state index in [1.807, 2.05) is 19.2 Å². The van der Waals surface area contributed by atoms with E-state index in [4.69, 9.17) is 14.4 Å². The molecule has 0 aromatic carbocycles. The van der Waals surface area contributed by atoms with E-state index in [1.165, 1.54) is 18.5 Å². The summed E-state index contributed by atoms with van der Waals surface area (Å²) in [4.78, 5) is 23.2. The van der Waals surface area contributed by atoms with Gasteiger partial charge in [-0.25, -0.2) is 4.79 Å². The average molecular weight is 471 g/mol. The molecule has 2 aromatic rings. The number of aliphatic carboxylic acids is 1. The summed E-state index contributed by atoms with van der Waals surface area (Å²) >= 11 is 0. The number of fused-ring (bicyclic) bond motifs is 1. The lowest BCUT2D eigenvalue weighted by molar-refractivity contribution is -0.192. The van der Waals surface area contributed by atoms with Crippen molar-refractivity contribution >= 4 is 11.9 Å². The van der Waals surface area contributed by atoms with E-state index in [0.717, 1.165) is 50.6 Å². The fourth-order valence-electron chi connectivity index (χ4n) is 3.72. The number of amides is 1. The topological polar surface area (TPSA) is 113 Å².